The van der Waals surface area contributed by atoms with Crippen molar-refractivity contribution in [1.29, 1.82) is 0 Å². The quantitative estimate of drug-likeness (QED) is 0.719. The van der Waals surface area contributed by atoms with Crippen molar-refractivity contribution < 1.29 is 13.9 Å². The Morgan fingerprint density at radius 2 is 2.07 bits per heavy atom. The van der Waals surface area contributed by atoms with E-state index in [1.165, 1.54) is 12.1 Å². The van der Waals surface area contributed by atoms with Crippen LogP contribution in [0.1, 0.15) is 5.56 Å². The molecule has 0 spiro atoms. The van der Waals surface area contributed by atoms with Gasteiger partial charge in [-0.15, -0.1) is 0 Å². The van der Waals surface area contributed by atoms with Crippen molar-refractivity contribution in [2.24, 2.45) is 0 Å². The van der Waals surface area contributed by atoms with Gasteiger partial charge in [-0.1, -0.05) is 12.1 Å². The Kier molecular flexibility index (Phi) is 2.35. The molecule has 0 aromatic heterocycles. The first-order valence-electron chi connectivity index (χ1n) is 4.42. The van der Waals surface area contributed by atoms with Gasteiger partial charge in [0.2, 0.25) is 0 Å². The molecule has 1 aliphatic rings. The van der Waals surface area contributed by atoms with Gasteiger partial charge in [0.15, 0.2) is 0 Å². The summed E-state index contributed by atoms with van der Waals surface area (Å²) in [5, 5.41) is 0. The van der Waals surface area contributed by atoms with Gasteiger partial charge < -0.3 is 9.64 Å². The van der Waals surface area contributed by atoms with Gasteiger partial charge in [0.25, 0.3) is 0 Å². The van der Waals surface area contributed by atoms with E-state index in [1.54, 1.807) is 17.0 Å². The fourth-order valence-electron chi connectivity index (χ4n) is 1.38. The molecule has 0 N–H and O–H groups in total. The van der Waals surface area contributed by atoms with Gasteiger partial charge in [0.1, 0.15) is 12.4 Å². The third-order valence-electron chi connectivity index (χ3n) is 2.13. The number of hydrogen-bond acceptors (Lipinski definition) is 2. The zero-order valence-corrected chi connectivity index (χ0v) is 7.57. The van der Waals surface area contributed by atoms with Crippen LogP contribution in [0.4, 0.5) is 9.18 Å². The van der Waals surface area contributed by atoms with Crippen molar-refractivity contribution in [3.8, 4) is 0 Å². The maximum Gasteiger partial charge on any atom is 0.410 e. The van der Waals surface area contributed by atoms with Crippen molar-refractivity contribution in [2.45, 2.75) is 6.54 Å². The van der Waals surface area contributed by atoms with Gasteiger partial charge in [-0.05, 0) is 17.7 Å². The first-order valence-corrected chi connectivity index (χ1v) is 4.42. The lowest BCUT2D eigenvalue weighted by molar-refractivity contribution is 0.157. The summed E-state index contributed by atoms with van der Waals surface area (Å²) in [5.74, 6) is -0.266. The van der Waals surface area contributed by atoms with Crippen molar-refractivity contribution in [2.75, 3.05) is 13.2 Å². The van der Waals surface area contributed by atoms with Gasteiger partial charge in [0.05, 0.1) is 6.54 Å². The van der Waals surface area contributed by atoms with Crippen LogP contribution >= 0.6 is 0 Å². The second kappa shape index (κ2) is 3.65. The van der Waals surface area contributed by atoms with Crippen LogP contribution in [0.25, 0.3) is 0 Å². The zero-order valence-electron chi connectivity index (χ0n) is 7.57. The van der Waals surface area contributed by atoms with Crippen LogP contribution in [0.3, 0.4) is 0 Å². The number of carbonyl (C=O) groups is 1. The Morgan fingerprint density at radius 1 is 1.36 bits per heavy atom. The number of ether oxygens (including phenoxy) is 1. The van der Waals surface area contributed by atoms with Crippen LogP contribution < -0.4 is 0 Å². The molecule has 0 unspecified atom stereocenters. The van der Waals surface area contributed by atoms with Crippen molar-refractivity contribution in [1.82, 2.24) is 4.90 Å². The van der Waals surface area contributed by atoms with E-state index < -0.39 is 0 Å². The Hall–Kier alpha value is -1.58. The lowest BCUT2D eigenvalue weighted by atomic mass is 10.2. The molecule has 4 heteroatoms. The monoisotopic (exact) mass is 195 g/mol. The first kappa shape index (κ1) is 8.99. The summed E-state index contributed by atoms with van der Waals surface area (Å²) in [6, 6.07) is 6.11. The smallest absolute Gasteiger partial charge is 0.410 e. The van der Waals surface area contributed by atoms with E-state index in [-0.39, 0.29) is 11.9 Å². The summed E-state index contributed by atoms with van der Waals surface area (Å²) in [6.45, 7) is 1.54. The van der Waals surface area contributed by atoms with E-state index >= 15 is 0 Å². The highest BCUT2D eigenvalue weighted by molar-refractivity contribution is 5.69. The Labute approximate surface area is 81.1 Å². The number of cyclic esters (lactones) is 1. The summed E-state index contributed by atoms with van der Waals surface area (Å²) < 4.78 is 17.3. The highest BCUT2D eigenvalue weighted by atomic mass is 19.1. The average Bonchev–Trinajstić information content (AvgIpc) is 2.56. The molecule has 0 bridgehead atoms. The molecule has 1 amide bonds. The van der Waals surface area contributed by atoms with Crippen molar-refractivity contribution in [3.63, 3.8) is 0 Å². The lowest BCUT2D eigenvalue weighted by Crippen LogP contribution is -2.23. The number of rotatable bonds is 2. The number of nitrogens with zero attached hydrogens (tertiary/aromatic N) is 1. The summed E-state index contributed by atoms with van der Waals surface area (Å²) in [4.78, 5) is 12.7. The summed E-state index contributed by atoms with van der Waals surface area (Å²) in [6.07, 6.45) is -0.297. The Bertz CT molecular complexity index is 336. The van der Waals surface area contributed by atoms with E-state index in [9.17, 15) is 9.18 Å². The maximum absolute atomic E-state index is 12.6. The molecule has 74 valence electrons. The first-order chi connectivity index (χ1) is 6.75. The minimum Gasteiger partial charge on any atom is -0.448 e. The molecule has 1 heterocycles. The second-order valence-corrected chi connectivity index (χ2v) is 3.16. The van der Waals surface area contributed by atoms with Gasteiger partial charge in [-0.3, -0.25) is 0 Å². The van der Waals surface area contributed by atoms with Crippen LogP contribution in [-0.4, -0.2) is 24.1 Å². The van der Waals surface area contributed by atoms with Crippen LogP contribution in [0.2, 0.25) is 0 Å². The minimum atomic E-state index is -0.297. The van der Waals surface area contributed by atoms with Crippen molar-refractivity contribution >= 4 is 6.09 Å². The molecule has 0 radical (unpaired) electrons. The van der Waals surface area contributed by atoms with Gasteiger partial charge in [0, 0.05) is 6.54 Å². The number of carbonyl (C=O) groups excluding carboxylic acids is 1. The molecule has 0 saturated carbocycles. The number of hydrogen-bond donors (Lipinski definition) is 0. The molecular weight excluding hydrogens is 185 g/mol. The lowest BCUT2D eigenvalue weighted by Gasteiger charge is -2.11. The molecule has 2 rings (SSSR count). The molecule has 0 atom stereocenters. The predicted molar refractivity (Wildman–Crippen MR) is 48.2 cm³/mol. The van der Waals surface area contributed by atoms with E-state index in [0.717, 1.165) is 5.56 Å². The van der Waals surface area contributed by atoms with Crippen LogP contribution in [-0.2, 0) is 11.3 Å². The van der Waals surface area contributed by atoms with Gasteiger partial charge >= 0.3 is 6.09 Å². The summed E-state index contributed by atoms with van der Waals surface area (Å²) in [5.41, 5.74) is 0.908. The van der Waals surface area contributed by atoms with Crippen LogP contribution in [0.15, 0.2) is 24.3 Å². The zero-order chi connectivity index (χ0) is 9.97. The van der Waals surface area contributed by atoms with E-state index in [2.05, 4.69) is 0 Å². The van der Waals surface area contributed by atoms with Crippen molar-refractivity contribution in [3.05, 3.63) is 35.6 Å². The molecule has 1 aliphatic heterocycles. The predicted octanol–water partition coefficient (Wildman–Crippen LogP) is 1.78. The van der Waals surface area contributed by atoms with E-state index in [0.29, 0.717) is 19.7 Å². The molecule has 3 nitrogen and oxygen atoms in total. The van der Waals surface area contributed by atoms with E-state index in [4.69, 9.17) is 4.74 Å². The Balaban J connectivity index is 2.03. The van der Waals surface area contributed by atoms with Gasteiger partial charge in [-0.2, -0.15) is 0 Å². The molecule has 1 aromatic rings. The minimum absolute atomic E-state index is 0.266. The molecule has 1 fully saturated rings. The average molecular weight is 195 g/mol. The topological polar surface area (TPSA) is 29.5 Å². The highest BCUT2D eigenvalue weighted by Crippen LogP contribution is 2.10. The molecular formula is C10H10FNO2. The maximum atomic E-state index is 12.6. The highest BCUT2D eigenvalue weighted by Gasteiger charge is 2.21. The van der Waals surface area contributed by atoms with Gasteiger partial charge in [-0.25, -0.2) is 9.18 Å². The fourth-order valence-corrected chi connectivity index (χ4v) is 1.38. The SMILES string of the molecule is O=C1OCCN1Cc1ccc(F)cc1. The molecule has 1 aromatic carbocycles. The fraction of sp³-hybridized carbons (Fsp3) is 0.300. The second-order valence-electron chi connectivity index (χ2n) is 3.16. The number of benzene rings is 1. The normalized spacial score (nSPS) is 15.8. The molecule has 0 aliphatic carbocycles. The molecule has 1 saturated heterocycles. The third kappa shape index (κ3) is 1.84. The summed E-state index contributed by atoms with van der Waals surface area (Å²) >= 11 is 0. The van der Waals surface area contributed by atoms with E-state index in [1.807, 2.05) is 0 Å². The molecule has 14 heavy (non-hydrogen) atoms. The summed E-state index contributed by atoms with van der Waals surface area (Å²) in [7, 11) is 0. The number of halogens is 1. The largest absolute Gasteiger partial charge is 0.448 e. The van der Waals surface area contributed by atoms with Crippen LogP contribution in [0, 0.1) is 5.82 Å². The van der Waals surface area contributed by atoms with Crippen LogP contribution in [0.5, 0.6) is 0 Å². The Morgan fingerprint density at radius 3 is 2.64 bits per heavy atom. The third-order valence-corrected chi connectivity index (χ3v) is 2.13. The number of amides is 1. The standard InChI is InChI=1S/C10H10FNO2/c11-9-3-1-8(2-4-9)7-12-5-6-14-10(12)13/h1-4H,5-7H2.